The molecule has 0 spiro atoms. The van der Waals surface area contributed by atoms with Gasteiger partial charge in [0.25, 0.3) is 0 Å². The predicted molar refractivity (Wildman–Crippen MR) is 44.6 cm³/mol. The molecule has 0 bridgehead atoms. The molecule has 0 rings (SSSR count). The van der Waals surface area contributed by atoms with Gasteiger partial charge in [-0.05, 0) is 0 Å². The van der Waals surface area contributed by atoms with Gasteiger partial charge in [0, 0.05) is 0 Å². The summed E-state index contributed by atoms with van der Waals surface area (Å²) in [6, 6.07) is 0. The third-order valence-corrected chi connectivity index (χ3v) is 3.25. The van der Waals surface area contributed by atoms with Gasteiger partial charge in [-0.2, -0.15) is 0 Å². The molecule has 0 aromatic rings. The van der Waals surface area contributed by atoms with Crippen molar-refractivity contribution in [2.75, 3.05) is 0 Å². The van der Waals surface area contributed by atoms with Gasteiger partial charge in [0.05, 0.1) is 0 Å². The van der Waals surface area contributed by atoms with Crippen LogP contribution in [0.25, 0.3) is 0 Å². The van der Waals surface area contributed by atoms with Gasteiger partial charge in [-0.1, -0.05) is 0 Å². The Hall–Kier alpha value is 0.715. The Labute approximate surface area is 56.3 Å². The molecule has 0 fully saturated rings. The minimum absolute atomic E-state index is 0.166. The van der Waals surface area contributed by atoms with Gasteiger partial charge < -0.3 is 0 Å². The van der Waals surface area contributed by atoms with Crippen molar-refractivity contribution < 1.29 is 0 Å². The normalized spacial score (nSPS) is 13.0. The van der Waals surface area contributed by atoms with E-state index in [0.29, 0.717) is 5.25 Å². The molecule has 0 heterocycles. The summed E-state index contributed by atoms with van der Waals surface area (Å²) < 4.78 is 0. The summed E-state index contributed by atoms with van der Waals surface area (Å²) in [6.45, 7) is 9.82. The van der Waals surface area contributed by atoms with Crippen molar-refractivity contribution in [1.29, 1.82) is 0 Å². The van der Waals surface area contributed by atoms with E-state index in [0.717, 1.165) is 0 Å². The quantitative estimate of drug-likeness (QED) is 0.414. The molecule has 0 aliphatic carbocycles. The molecule has 0 saturated heterocycles. The first-order valence-electron chi connectivity index (χ1n) is 2.85. The molecular weight excluding hydrogens is 134 g/mol. The van der Waals surface area contributed by atoms with E-state index in [2.05, 4.69) is 21.7 Å². The Bertz CT molecular complexity index is 158. The van der Waals surface area contributed by atoms with Crippen LogP contribution in [0.2, 0.25) is 0 Å². The van der Waals surface area contributed by atoms with Crippen LogP contribution in [0.4, 0.5) is 0 Å². The van der Waals surface area contributed by atoms with Gasteiger partial charge >= 0.3 is 55.8 Å². The average molecular weight is 145 g/mol. The van der Waals surface area contributed by atoms with Crippen LogP contribution in [-0.4, -0.2) is 12.0 Å². The van der Waals surface area contributed by atoms with Crippen molar-refractivity contribution in [3.05, 3.63) is 0 Å². The molecule has 8 heavy (non-hydrogen) atoms. The molecule has 45 valence electrons. The standard InChI is InChI=1S/C5H11BPS/c1-3-4-5(2)8(6)7/h5H,3-4H2,1-2H3/t5-/m1/s1. The first-order valence-corrected chi connectivity index (χ1v) is 5.25. The second-order valence-corrected chi connectivity index (χ2v) is 4.71. The van der Waals surface area contributed by atoms with E-state index in [1.807, 2.05) is 0 Å². The predicted octanol–water partition coefficient (Wildman–Crippen LogP) is 2.85. The molecule has 0 unspecified atom stereocenters. The Morgan fingerprint density at radius 2 is 2.25 bits per heavy atom. The van der Waals surface area contributed by atoms with Crippen molar-refractivity contribution in [1.82, 2.24) is 0 Å². The Morgan fingerprint density at radius 1 is 1.75 bits per heavy atom. The zero-order valence-electron chi connectivity index (χ0n) is 5.42. The maximum absolute atomic E-state index is 5.51. The Kier molecular flexibility index (Phi) is 4.99. The van der Waals surface area contributed by atoms with E-state index < -0.39 is 0 Å². The van der Waals surface area contributed by atoms with Crippen LogP contribution in [0.1, 0.15) is 26.7 Å². The van der Waals surface area contributed by atoms with Crippen molar-refractivity contribution in [2.45, 2.75) is 31.9 Å². The van der Waals surface area contributed by atoms with Crippen LogP contribution in [0.15, 0.2) is 0 Å². The number of rotatable bonds is 2. The monoisotopic (exact) mass is 145 g/mol. The van der Waals surface area contributed by atoms with E-state index in [-0.39, 0.29) is 9.30 Å². The Balaban J connectivity index is 3.54. The molecule has 0 N–H and O–H groups in total. The fourth-order valence-corrected chi connectivity index (χ4v) is 1.32. The molecule has 0 aliphatic rings. The van der Waals surface area contributed by atoms with Crippen molar-refractivity contribution in [3.63, 3.8) is 0 Å². The third kappa shape index (κ3) is 3.68. The van der Waals surface area contributed by atoms with Crippen molar-refractivity contribution >= 4 is 23.8 Å². The van der Waals surface area contributed by atoms with Crippen molar-refractivity contribution in [3.8, 4) is 0 Å². The average Bonchev–Trinajstić information content (AvgIpc) is 1.67. The second kappa shape index (κ2) is 4.58. The summed E-state index contributed by atoms with van der Waals surface area (Å²) in [5, 5.41) is 0.586. The molecule has 0 nitrogen and oxygen atoms in total. The van der Waals surface area contributed by atoms with Gasteiger partial charge in [-0.15, -0.1) is 0 Å². The Morgan fingerprint density at radius 3 is 2.38 bits per heavy atom. The van der Waals surface area contributed by atoms with E-state index in [9.17, 15) is 0 Å². The van der Waals surface area contributed by atoms with Crippen LogP contribution < -0.4 is 0 Å². The topological polar surface area (TPSA) is 0 Å². The van der Waals surface area contributed by atoms with Crippen LogP contribution in [-0.2, 0) is 0 Å². The summed E-state index contributed by atoms with van der Waals surface area (Å²) in [7, 11) is 3.97. The zero-order valence-corrected chi connectivity index (χ0v) is 7.14. The fraction of sp³-hybridized carbons (Fsp3) is 1.00. The summed E-state index contributed by atoms with van der Waals surface area (Å²) in [6.07, 6.45) is 2.41. The van der Waals surface area contributed by atoms with Crippen LogP contribution in [0, 0.1) is 0 Å². The SMILES string of the molecule is [B]=S(#P)[C@H](C)CCC. The summed E-state index contributed by atoms with van der Waals surface area (Å²) in [4.78, 5) is 0. The fourth-order valence-electron chi connectivity index (χ4n) is 0.527. The molecule has 1 atom stereocenters. The van der Waals surface area contributed by atoms with E-state index >= 15 is 0 Å². The van der Waals surface area contributed by atoms with Crippen molar-refractivity contribution in [2.24, 2.45) is 0 Å². The van der Waals surface area contributed by atoms with Crippen LogP contribution >= 0.6 is 17.1 Å². The van der Waals surface area contributed by atoms with Gasteiger partial charge in [0.1, 0.15) is 0 Å². The zero-order chi connectivity index (χ0) is 6.57. The van der Waals surface area contributed by atoms with Gasteiger partial charge in [-0.25, -0.2) is 0 Å². The number of hydrogen-bond acceptors (Lipinski definition) is 0. The first-order chi connectivity index (χ1) is 3.68. The van der Waals surface area contributed by atoms with Gasteiger partial charge in [-0.3, -0.25) is 0 Å². The molecule has 1 radical (unpaired) electrons. The first kappa shape index (κ1) is 8.71. The third-order valence-electron chi connectivity index (χ3n) is 1.11. The van der Waals surface area contributed by atoms with Gasteiger partial charge in [0.15, 0.2) is 0 Å². The molecule has 0 aliphatic heterocycles. The second-order valence-electron chi connectivity index (χ2n) is 1.95. The summed E-state index contributed by atoms with van der Waals surface area (Å²) >= 11 is 0. The molecule has 3 heteroatoms. The molecule has 0 amide bonds. The van der Waals surface area contributed by atoms with Gasteiger partial charge in [0.2, 0.25) is 0 Å². The van der Waals surface area contributed by atoms with E-state index in [1.165, 1.54) is 12.8 Å². The molecular formula is C5H11BPS. The molecule has 0 saturated carbocycles. The minimum atomic E-state index is -0.166. The summed E-state index contributed by atoms with van der Waals surface area (Å²) in [5.41, 5.74) is 0. The van der Waals surface area contributed by atoms with E-state index in [4.69, 9.17) is 6.72 Å². The molecule has 0 aromatic carbocycles. The van der Waals surface area contributed by atoms with Crippen LogP contribution in [0.3, 0.4) is 0 Å². The van der Waals surface area contributed by atoms with E-state index in [1.54, 1.807) is 0 Å². The number of hydrogen-bond donors (Lipinski definition) is 0. The maximum atomic E-state index is 5.51. The molecule has 0 aromatic heterocycles. The van der Waals surface area contributed by atoms with Crippen LogP contribution in [0.5, 0.6) is 0 Å². The summed E-state index contributed by atoms with van der Waals surface area (Å²) in [5.74, 6) is 0.